The van der Waals surface area contributed by atoms with Crippen molar-refractivity contribution in [3.8, 4) is 0 Å². The molecule has 7 heteroatoms. The highest BCUT2D eigenvalue weighted by Gasteiger charge is 2.35. The van der Waals surface area contributed by atoms with Crippen LogP contribution in [0.3, 0.4) is 0 Å². The number of carbonyl (C=O) groups is 2. The number of carboxylic acids is 1. The van der Waals surface area contributed by atoms with E-state index in [9.17, 15) is 9.59 Å². The highest BCUT2D eigenvalue weighted by Crippen LogP contribution is 2.18. The third-order valence-electron chi connectivity index (χ3n) is 3.47. The van der Waals surface area contributed by atoms with Crippen LogP contribution < -0.4 is 5.32 Å². The highest BCUT2D eigenvalue weighted by atomic mass is 16.5. The Morgan fingerprint density at radius 2 is 1.86 bits per heavy atom. The fourth-order valence-electron chi connectivity index (χ4n) is 2.30. The quantitative estimate of drug-likeness (QED) is 0.873. The summed E-state index contributed by atoms with van der Waals surface area (Å²) in [5.74, 6) is -1.04. The molecule has 1 aromatic carbocycles. The predicted octanol–water partition coefficient (Wildman–Crippen LogP) is 1.26. The van der Waals surface area contributed by atoms with Gasteiger partial charge in [0, 0.05) is 19.9 Å². The first kappa shape index (κ1) is 15.3. The van der Waals surface area contributed by atoms with Crippen molar-refractivity contribution in [1.29, 1.82) is 0 Å². The van der Waals surface area contributed by atoms with Gasteiger partial charge < -0.3 is 24.8 Å². The Bertz CT molecular complexity index is 522. The molecule has 1 aliphatic heterocycles. The average Bonchev–Trinajstić information content (AvgIpc) is 2.91. The van der Waals surface area contributed by atoms with Gasteiger partial charge in [-0.1, -0.05) is 6.07 Å². The maximum absolute atomic E-state index is 12.2. The van der Waals surface area contributed by atoms with Crippen molar-refractivity contribution in [2.24, 2.45) is 0 Å². The van der Waals surface area contributed by atoms with E-state index in [2.05, 4.69) is 5.32 Å². The van der Waals surface area contributed by atoms with Crippen LogP contribution in [0.4, 0.5) is 10.5 Å². The number of aromatic carboxylic acids is 1. The molecule has 21 heavy (non-hydrogen) atoms. The number of nitrogens with zero attached hydrogens (tertiary/aromatic N) is 1. The van der Waals surface area contributed by atoms with Gasteiger partial charge >= 0.3 is 12.0 Å². The number of amides is 2. The summed E-state index contributed by atoms with van der Waals surface area (Å²) in [6.07, 6.45) is -0.322. The maximum atomic E-state index is 12.2. The first-order valence-electron chi connectivity index (χ1n) is 6.50. The minimum absolute atomic E-state index is 0.124. The molecule has 0 bridgehead atoms. The number of methoxy groups -OCH3 is 2. The van der Waals surface area contributed by atoms with Crippen LogP contribution in [0.1, 0.15) is 10.4 Å². The van der Waals surface area contributed by atoms with Crippen LogP contribution in [-0.4, -0.2) is 61.5 Å². The van der Waals surface area contributed by atoms with Crippen LogP contribution in [0, 0.1) is 0 Å². The molecule has 1 aliphatic rings. The molecule has 114 valence electrons. The summed E-state index contributed by atoms with van der Waals surface area (Å²) in [5, 5.41) is 11.6. The minimum atomic E-state index is -1.04. The molecule has 7 nitrogen and oxygen atoms in total. The summed E-state index contributed by atoms with van der Waals surface area (Å²) in [5.41, 5.74) is 0.563. The van der Waals surface area contributed by atoms with Crippen molar-refractivity contribution >= 4 is 17.7 Å². The second kappa shape index (κ2) is 6.55. The number of hydrogen-bond acceptors (Lipinski definition) is 4. The Morgan fingerprint density at radius 3 is 2.38 bits per heavy atom. The lowest BCUT2D eigenvalue weighted by atomic mass is 10.2. The Balaban J connectivity index is 2.02. The molecule has 2 amide bonds. The van der Waals surface area contributed by atoms with E-state index in [-0.39, 0.29) is 23.8 Å². The van der Waals surface area contributed by atoms with E-state index >= 15 is 0 Å². The van der Waals surface area contributed by atoms with Gasteiger partial charge in [-0.25, -0.2) is 9.59 Å². The van der Waals surface area contributed by atoms with Gasteiger partial charge in [0.05, 0.1) is 18.7 Å². The number of hydrogen-bond donors (Lipinski definition) is 2. The molecule has 0 aromatic heterocycles. The van der Waals surface area contributed by atoms with Gasteiger partial charge in [0.1, 0.15) is 12.2 Å². The van der Waals surface area contributed by atoms with Crippen molar-refractivity contribution < 1.29 is 24.2 Å². The van der Waals surface area contributed by atoms with Gasteiger partial charge in [-0.2, -0.15) is 0 Å². The number of carboxylic acid groups (broad SMARTS) is 1. The topological polar surface area (TPSA) is 88.1 Å². The molecular formula is C14H18N2O5. The molecule has 0 spiro atoms. The smallest absolute Gasteiger partial charge is 0.335 e. The first-order valence-corrected chi connectivity index (χ1v) is 6.50. The van der Waals surface area contributed by atoms with E-state index in [4.69, 9.17) is 14.6 Å². The molecular weight excluding hydrogens is 276 g/mol. The van der Waals surface area contributed by atoms with Crippen LogP contribution in [0.2, 0.25) is 0 Å². The first-order chi connectivity index (χ1) is 10.0. The van der Waals surface area contributed by atoms with Crippen LogP contribution >= 0.6 is 0 Å². The van der Waals surface area contributed by atoms with Gasteiger partial charge in [-0.05, 0) is 18.2 Å². The standard InChI is InChI=1S/C14H18N2O5/c1-20-11-7-16(8-12(11)21-2)14(19)15-10-5-3-4-9(6-10)13(17)18/h3-6,11-12H,7-8H2,1-2H3,(H,15,19)(H,17,18). The Labute approximate surface area is 122 Å². The number of likely N-dealkylation sites (tertiary alicyclic amines) is 1. The number of rotatable bonds is 4. The van der Waals surface area contributed by atoms with Crippen LogP contribution in [0.5, 0.6) is 0 Å². The average molecular weight is 294 g/mol. The number of anilines is 1. The van der Waals surface area contributed by atoms with Gasteiger partial charge in [-0.15, -0.1) is 0 Å². The molecule has 0 aliphatic carbocycles. The molecule has 1 fully saturated rings. The lowest BCUT2D eigenvalue weighted by Crippen LogP contribution is -2.34. The summed E-state index contributed by atoms with van der Waals surface area (Å²) in [6.45, 7) is 0.860. The van der Waals surface area contributed by atoms with E-state index in [1.807, 2.05) is 0 Å². The second-order valence-electron chi connectivity index (χ2n) is 4.77. The maximum Gasteiger partial charge on any atom is 0.335 e. The molecule has 1 heterocycles. The Morgan fingerprint density at radius 1 is 1.24 bits per heavy atom. The summed E-state index contributed by atoms with van der Waals surface area (Å²) in [7, 11) is 3.16. The second-order valence-corrected chi connectivity index (χ2v) is 4.77. The van der Waals surface area contributed by atoms with E-state index in [1.165, 1.54) is 12.1 Å². The SMILES string of the molecule is COC1CN(C(=O)Nc2cccc(C(=O)O)c2)CC1OC. The summed E-state index contributed by atoms with van der Waals surface area (Å²) in [4.78, 5) is 24.7. The van der Waals surface area contributed by atoms with Crippen molar-refractivity contribution in [3.63, 3.8) is 0 Å². The van der Waals surface area contributed by atoms with Crippen molar-refractivity contribution in [1.82, 2.24) is 4.90 Å². The largest absolute Gasteiger partial charge is 0.478 e. The third-order valence-corrected chi connectivity index (χ3v) is 3.47. The lowest BCUT2D eigenvalue weighted by molar-refractivity contribution is -0.00461. The Hall–Kier alpha value is -2.12. The molecule has 2 unspecified atom stereocenters. The number of urea groups is 1. The zero-order chi connectivity index (χ0) is 15.4. The number of nitrogens with one attached hydrogen (secondary N) is 1. The predicted molar refractivity (Wildman–Crippen MR) is 75.6 cm³/mol. The van der Waals surface area contributed by atoms with Gasteiger partial charge in [-0.3, -0.25) is 0 Å². The van der Waals surface area contributed by atoms with Gasteiger partial charge in [0.15, 0.2) is 0 Å². The minimum Gasteiger partial charge on any atom is -0.478 e. The third kappa shape index (κ3) is 3.50. The molecule has 0 radical (unpaired) electrons. The zero-order valence-electron chi connectivity index (χ0n) is 11.9. The fraction of sp³-hybridized carbons (Fsp3) is 0.429. The zero-order valence-corrected chi connectivity index (χ0v) is 11.9. The van der Waals surface area contributed by atoms with Crippen LogP contribution in [0.15, 0.2) is 24.3 Å². The van der Waals surface area contributed by atoms with E-state index in [0.29, 0.717) is 18.8 Å². The molecule has 1 aromatic rings. The molecule has 2 atom stereocenters. The van der Waals surface area contributed by atoms with Crippen molar-refractivity contribution in [2.45, 2.75) is 12.2 Å². The molecule has 2 rings (SSSR count). The van der Waals surface area contributed by atoms with Crippen molar-refractivity contribution in [2.75, 3.05) is 32.6 Å². The molecule has 0 saturated carbocycles. The van der Waals surface area contributed by atoms with E-state index in [1.54, 1.807) is 31.3 Å². The molecule has 1 saturated heterocycles. The van der Waals surface area contributed by atoms with Gasteiger partial charge in [0.25, 0.3) is 0 Å². The summed E-state index contributed by atoms with van der Waals surface area (Å²) in [6, 6.07) is 5.80. The van der Waals surface area contributed by atoms with E-state index < -0.39 is 5.97 Å². The fourth-order valence-corrected chi connectivity index (χ4v) is 2.30. The van der Waals surface area contributed by atoms with Crippen LogP contribution in [0.25, 0.3) is 0 Å². The Kier molecular flexibility index (Phi) is 4.77. The lowest BCUT2D eigenvalue weighted by Gasteiger charge is -2.16. The van der Waals surface area contributed by atoms with Crippen molar-refractivity contribution in [3.05, 3.63) is 29.8 Å². The number of carbonyl (C=O) groups excluding carboxylic acids is 1. The monoisotopic (exact) mass is 294 g/mol. The van der Waals surface area contributed by atoms with Crippen LogP contribution in [-0.2, 0) is 9.47 Å². The number of ether oxygens (including phenoxy) is 2. The highest BCUT2D eigenvalue weighted by molar-refractivity contribution is 5.93. The van der Waals surface area contributed by atoms with Gasteiger partial charge in [0.2, 0.25) is 0 Å². The normalized spacial score (nSPS) is 21.3. The molecule has 2 N–H and O–H groups in total. The summed E-state index contributed by atoms with van der Waals surface area (Å²) >= 11 is 0. The van der Waals surface area contributed by atoms with E-state index in [0.717, 1.165) is 0 Å². The number of benzene rings is 1. The summed E-state index contributed by atoms with van der Waals surface area (Å²) < 4.78 is 10.5.